The molecule has 194 valence electrons. The van der Waals surface area contributed by atoms with E-state index in [0.29, 0.717) is 23.3 Å². The Labute approximate surface area is 213 Å². The van der Waals surface area contributed by atoms with Crippen LogP contribution in [0, 0.1) is 0 Å². The number of carbonyl (C=O) groups excluding carboxylic acids is 1. The average Bonchev–Trinajstić information content (AvgIpc) is 2.84. The first-order valence-corrected chi connectivity index (χ1v) is 13.0. The Kier molecular flexibility index (Phi) is 9.97. The lowest BCUT2D eigenvalue weighted by molar-refractivity contribution is 0.0728. The van der Waals surface area contributed by atoms with Gasteiger partial charge < -0.3 is 18.6 Å². The first kappa shape index (κ1) is 27.3. The molecule has 1 heterocycles. The highest BCUT2D eigenvalue weighted by molar-refractivity contribution is 5.97. The summed E-state index contributed by atoms with van der Waals surface area (Å²) in [7, 11) is 0. The SMILES string of the molecule is CCCCCCCCCCOc1c(OC(=O)c2ccccc2)c2c(OC(C)(C)C)cccc2oc1=O. The van der Waals surface area contributed by atoms with Gasteiger partial charge in [0.05, 0.1) is 12.2 Å². The monoisotopic (exact) mass is 494 g/mol. The Morgan fingerprint density at radius 2 is 1.50 bits per heavy atom. The van der Waals surface area contributed by atoms with Gasteiger partial charge in [0.2, 0.25) is 5.75 Å². The Morgan fingerprint density at radius 1 is 0.833 bits per heavy atom. The van der Waals surface area contributed by atoms with E-state index in [0.717, 1.165) is 19.3 Å². The molecule has 2 aromatic carbocycles. The number of carbonyl (C=O) groups is 1. The standard InChI is InChI=1S/C30H38O6/c1-5-6-7-8-9-10-11-15-21-33-27-26(35-28(31)22-17-13-12-14-18-22)25-23(34-29(27)32)19-16-20-24(25)36-30(2,3)4/h12-14,16-20H,5-11,15,21H2,1-4H3. The summed E-state index contributed by atoms with van der Waals surface area (Å²) in [5, 5.41) is 0.391. The fraction of sp³-hybridized carbons (Fsp3) is 0.467. The number of rotatable bonds is 13. The van der Waals surface area contributed by atoms with E-state index < -0.39 is 17.2 Å². The molecule has 0 saturated carbocycles. The number of hydrogen-bond acceptors (Lipinski definition) is 6. The molecular weight excluding hydrogens is 456 g/mol. The molecule has 3 aromatic rings. The van der Waals surface area contributed by atoms with Gasteiger partial charge in [0.25, 0.3) is 0 Å². The van der Waals surface area contributed by atoms with Crippen LogP contribution in [0.3, 0.4) is 0 Å². The summed E-state index contributed by atoms with van der Waals surface area (Å²) in [6.07, 6.45) is 9.16. The summed E-state index contributed by atoms with van der Waals surface area (Å²) >= 11 is 0. The summed E-state index contributed by atoms with van der Waals surface area (Å²) < 4.78 is 23.4. The third-order valence-electron chi connectivity index (χ3n) is 5.67. The molecule has 0 saturated heterocycles. The third-order valence-corrected chi connectivity index (χ3v) is 5.67. The minimum atomic E-state index is -0.689. The van der Waals surface area contributed by atoms with Crippen LogP contribution in [-0.2, 0) is 0 Å². The molecule has 0 aliphatic heterocycles. The number of benzene rings is 2. The van der Waals surface area contributed by atoms with Crippen molar-refractivity contribution >= 4 is 16.9 Å². The third kappa shape index (κ3) is 7.87. The average molecular weight is 495 g/mol. The van der Waals surface area contributed by atoms with Crippen molar-refractivity contribution in [1.82, 2.24) is 0 Å². The lowest BCUT2D eigenvalue weighted by atomic mass is 10.1. The van der Waals surface area contributed by atoms with Crippen LogP contribution in [0.15, 0.2) is 57.7 Å². The van der Waals surface area contributed by atoms with Crippen LogP contribution in [0.4, 0.5) is 0 Å². The molecule has 0 unspecified atom stereocenters. The summed E-state index contributed by atoms with van der Waals surface area (Å²) in [5.41, 5.74) is -0.589. The summed E-state index contributed by atoms with van der Waals surface area (Å²) in [5.74, 6) is -0.240. The first-order valence-electron chi connectivity index (χ1n) is 13.0. The van der Waals surface area contributed by atoms with E-state index in [2.05, 4.69) is 6.92 Å². The normalized spacial score (nSPS) is 11.4. The first-order chi connectivity index (χ1) is 17.3. The second-order valence-corrected chi connectivity index (χ2v) is 9.97. The number of hydrogen-bond donors (Lipinski definition) is 0. The molecule has 0 radical (unpaired) electrons. The predicted molar refractivity (Wildman–Crippen MR) is 142 cm³/mol. The largest absolute Gasteiger partial charge is 0.487 e. The molecule has 1 aromatic heterocycles. The van der Waals surface area contributed by atoms with Crippen LogP contribution in [-0.4, -0.2) is 18.2 Å². The quantitative estimate of drug-likeness (QED) is 0.138. The zero-order chi connectivity index (χ0) is 26.0. The topological polar surface area (TPSA) is 75.0 Å². The van der Waals surface area contributed by atoms with Crippen molar-refractivity contribution in [2.75, 3.05) is 6.61 Å². The molecule has 36 heavy (non-hydrogen) atoms. The Bertz CT molecular complexity index is 1170. The molecule has 0 amide bonds. The van der Waals surface area contributed by atoms with Gasteiger partial charge in [0, 0.05) is 0 Å². The van der Waals surface area contributed by atoms with E-state index in [1.165, 1.54) is 32.1 Å². The highest BCUT2D eigenvalue weighted by Gasteiger charge is 2.25. The predicted octanol–water partition coefficient (Wildman–Crippen LogP) is 7.71. The van der Waals surface area contributed by atoms with Gasteiger partial charge in [-0.2, -0.15) is 0 Å². The Morgan fingerprint density at radius 3 is 2.17 bits per heavy atom. The van der Waals surface area contributed by atoms with Crippen LogP contribution in [0.2, 0.25) is 0 Å². The van der Waals surface area contributed by atoms with Gasteiger partial charge in [-0.15, -0.1) is 0 Å². The summed E-state index contributed by atoms with van der Waals surface area (Å²) in [6.45, 7) is 8.29. The van der Waals surface area contributed by atoms with Gasteiger partial charge in [0.15, 0.2) is 5.75 Å². The molecule has 0 N–H and O–H groups in total. The molecule has 0 aliphatic carbocycles. The van der Waals surface area contributed by atoms with Gasteiger partial charge in [-0.25, -0.2) is 9.59 Å². The molecule has 0 fully saturated rings. The number of ether oxygens (including phenoxy) is 3. The molecule has 6 nitrogen and oxygen atoms in total. The van der Waals surface area contributed by atoms with E-state index in [-0.39, 0.29) is 17.1 Å². The van der Waals surface area contributed by atoms with E-state index in [1.54, 1.807) is 42.5 Å². The fourth-order valence-electron chi connectivity index (χ4n) is 3.95. The zero-order valence-corrected chi connectivity index (χ0v) is 21.9. The highest BCUT2D eigenvalue weighted by atomic mass is 16.6. The van der Waals surface area contributed by atoms with Crippen LogP contribution >= 0.6 is 0 Å². The zero-order valence-electron chi connectivity index (χ0n) is 21.9. The van der Waals surface area contributed by atoms with Crippen molar-refractivity contribution in [1.29, 1.82) is 0 Å². The van der Waals surface area contributed by atoms with Crippen molar-refractivity contribution in [3.8, 4) is 17.2 Å². The van der Waals surface area contributed by atoms with Crippen molar-refractivity contribution in [2.24, 2.45) is 0 Å². The molecule has 0 spiro atoms. The Balaban J connectivity index is 1.87. The second-order valence-electron chi connectivity index (χ2n) is 9.97. The minimum absolute atomic E-state index is 0.0227. The van der Waals surface area contributed by atoms with Crippen molar-refractivity contribution in [3.63, 3.8) is 0 Å². The minimum Gasteiger partial charge on any atom is -0.487 e. The summed E-state index contributed by atoms with van der Waals surface area (Å²) in [6, 6.07) is 13.8. The Hall–Kier alpha value is -3.28. The second kappa shape index (κ2) is 13.1. The van der Waals surface area contributed by atoms with Gasteiger partial charge >= 0.3 is 11.6 Å². The van der Waals surface area contributed by atoms with Gasteiger partial charge in [-0.1, -0.05) is 76.1 Å². The maximum atomic E-state index is 13.0. The lowest BCUT2D eigenvalue weighted by Gasteiger charge is -2.23. The fourth-order valence-corrected chi connectivity index (χ4v) is 3.95. The van der Waals surface area contributed by atoms with Crippen molar-refractivity contribution in [2.45, 2.75) is 84.7 Å². The van der Waals surface area contributed by atoms with Crippen LogP contribution in [0.25, 0.3) is 11.0 Å². The lowest BCUT2D eigenvalue weighted by Crippen LogP contribution is -2.23. The van der Waals surface area contributed by atoms with Crippen molar-refractivity contribution in [3.05, 3.63) is 64.5 Å². The number of esters is 1. The molecule has 6 heteroatoms. The molecule has 0 atom stereocenters. The van der Waals surface area contributed by atoms with E-state index in [1.807, 2.05) is 26.8 Å². The maximum absolute atomic E-state index is 13.0. The van der Waals surface area contributed by atoms with E-state index in [4.69, 9.17) is 18.6 Å². The van der Waals surface area contributed by atoms with E-state index in [9.17, 15) is 9.59 Å². The molecule has 0 aliphatic rings. The van der Waals surface area contributed by atoms with Gasteiger partial charge in [-0.3, -0.25) is 0 Å². The van der Waals surface area contributed by atoms with Crippen LogP contribution in [0.1, 0.15) is 89.4 Å². The highest BCUT2D eigenvalue weighted by Crippen LogP contribution is 2.40. The van der Waals surface area contributed by atoms with Gasteiger partial charge in [0.1, 0.15) is 22.3 Å². The van der Waals surface area contributed by atoms with E-state index >= 15 is 0 Å². The smallest absolute Gasteiger partial charge is 0.383 e. The van der Waals surface area contributed by atoms with Crippen LogP contribution in [0.5, 0.6) is 17.2 Å². The maximum Gasteiger partial charge on any atom is 0.383 e. The molecule has 3 rings (SSSR count). The molecular formula is C30H38O6. The number of unbranched alkanes of at least 4 members (excludes halogenated alkanes) is 7. The summed E-state index contributed by atoms with van der Waals surface area (Å²) in [4.78, 5) is 25.9. The molecule has 0 bridgehead atoms. The van der Waals surface area contributed by atoms with Crippen LogP contribution < -0.4 is 19.8 Å². The number of fused-ring (bicyclic) bond motifs is 1. The van der Waals surface area contributed by atoms with Gasteiger partial charge in [-0.05, 0) is 51.5 Å². The van der Waals surface area contributed by atoms with Crippen molar-refractivity contribution < 1.29 is 23.4 Å².